The van der Waals surface area contributed by atoms with Gasteiger partial charge in [-0.2, -0.15) is 4.98 Å². The number of carbonyl (C=O) groups excluding carboxylic acids is 1. The highest BCUT2D eigenvalue weighted by Crippen LogP contribution is 2.17. The highest BCUT2D eigenvalue weighted by atomic mass is 16.2. The van der Waals surface area contributed by atoms with Gasteiger partial charge in [0.2, 0.25) is 11.9 Å². The Bertz CT molecular complexity index is 521. The molecule has 1 aromatic heterocycles. The molecule has 0 radical (unpaired) electrons. The maximum atomic E-state index is 12.1. The first kappa shape index (κ1) is 16.5. The zero-order valence-corrected chi connectivity index (χ0v) is 14.3. The highest BCUT2D eigenvalue weighted by Gasteiger charge is 2.23. The molecule has 0 saturated carbocycles. The Hall–Kier alpha value is -1.85. The van der Waals surface area contributed by atoms with Gasteiger partial charge in [-0.3, -0.25) is 4.79 Å². The molecule has 0 bridgehead atoms. The molecule has 2 heterocycles. The van der Waals surface area contributed by atoms with E-state index in [0.717, 1.165) is 43.6 Å². The predicted molar refractivity (Wildman–Crippen MR) is 89.3 cm³/mol. The third-order valence-corrected chi connectivity index (χ3v) is 3.79. The number of rotatable bonds is 4. The molecule has 122 valence electrons. The summed E-state index contributed by atoms with van der Waals surface area (Å²) in [7, 11) is 3.96. The van der Waals surface area contributed by atoms with E-state index >= 15 is 0 Å². The van der Waals surface area contributed by atoms with E-state index in [1.54, 1.807) is 0 Å². The largest absolute Gasteiger partial charge is 0.363 e. The molecule has 0 spiro atoms. The van der Waals surface area contributed by atoms with Crippen molar-refractivity contribution in [3.8, 4) is 0 Å². The molecule has 2 rings (SSSR count). The normalized spacial score (nSPS) is 15.4. The molecule has 22 heavy (non-hydrogen) atoms. The lowest BCUT2D eigenvalue weighted by Gasteiger charge is -2.35. The van der Waals surface area contributed by atoms with Gasteiger partial charge < -0.3 is 14.7 Å². The zero-order chi connectivity index (χ0) is 16.3. The van der Waals surface area contributed by atoms with Crippen molar-refractivity contribution in [2.45, 2.75) is 27.2 Å². The van der Waals surface area contributed by atoms with Gasteiger partial charge in [0.25, 0.3) is 0 Å². The maximum absolute atomic E-state index is 12.1. The van der Waals surface area contributed by atoms with E-state index in [9.17, 15) is 4.79 Å². The van der Waals surface area contributed by atoms with Gasteiger partial charge in [0, 0.05) is 58.5 Å². The van der Waals surface area contributed by atoms with Crippen molar-refractivity contribution < 1.29 is 4.79 Å². The van der Waals surface area contributed by atoms with Crippen LogP contribution in [0.2, 0.25) is 0 Å². The summed E-state index contributed by atoms with van der Waals surface area (Å²) in [6.07, 6.45) is 0.631. The average molecular weight is 305 g/mol. The van der Waals surface area contributed by atoms with E-state index in [1.165, 1.54) is 0 Å². The summed E-state index contributed by atoms with van der Waals surface area (Å²) in [5.41, 5.74) is 0.965. The monoisotopic (exact) mass is 305 g/mol. The molecule has 0 aromatic carbocycles. The number of nitrogens with zero attached hydrogens (tertiary/aromatic N) is 5. The molecule has 6 heteroatoms. The fraction of sp³-hybridized carbons (Fsp3) is 0.688. The number of amides is 1. The standard InChI is InChI=1S/C16H27N5O/c1-12(2)10-15(22)20-6-8-21(9-7-20)16-17-13(3)11-14(18-16)19(4)5/h11-12H,6-10H2,1-5H3. The topological polar surface area (TPSA) is 52.6 Å². The summed E-state index contributed by atoms with van der Waals surface area (Å²) in [6, 6.07) is 1.98. The molecule has 0 aliphatic carbocycles. The first-order valence-electron chi connectivity index (χ1n) is 7.92. The third kappa shape index (κ3) is 4.08. The van der Waals surface area contributed by atoms with Crippen LogP contribution >= 0.6 is 0 Å². The Labute approximate surface area is 133 Å². The van der Waals surface area contributed by atoms with Gasteiger partial charge >= 0.3 is 0 Å². The van der Waals surface area contributed by atoms with E-state index in [4.69, 9.17) is 0 Å². The summed E-state index contributed by atoms with van der Waals surface area (Å²) in [5.74, 6) is 2.35. The van der Waals surface area contributed by atoms with E-state index in [0.29, 0.717) is 12.3 Å². The molecule has 1 aliphatic rings. The Morgan fingerprint density at radius 3 is 2.41 bits per heavy atom. The van der Waals surface area contributed by atoms with E-state index in [1.807, 2.05) is 36.9 Å². The summed E-state index contributed by atoms with van der Waals surface area (Å²) in [6.45, 7) is 9.23. The van der Waals surface area contributed by atoms with Crippen molar-refractivity contribution in [3.05, 3.63) is 11.8 Å². The van der Waals surface area contributed by atoms with Crippen LogP contribution in [0, 0.1) is 12.8 Å². The molecule has 0 atom stereocenters. The van der Waals surface area contributed by atoms with Crippen LogP contribution in [-0.2, 0) is 4.79 Å². The SMILES string of the molecule is Cc1cc(N(C)C)nc(N2CCN(C(=O)CC(C)C)CC2)n1. The molecular formula is C16H27N5O. The Morgan fingerprint density at radius 1 is 1.23 bits per heavy atom. The van der Waals surface area contributed by atoms with Gasteiger partial charge in [0.05, 0.1) is 0 Å². The fourth-order valence-corrected chi connectivity index (χ4v) is 2.54. The molecule has 0 unspecified atom stereocenters. The van der Waals surface area contributed by atoms with Gasteiger partial charge in [-0.05, 0) is 12.8 Å². The summed E-state index contributed by atoms with van der Waals surface area (Å²) in [5, 5.41) is 0. The Balaban J connectivity index is 2.01. The molecule has 1 saturated heterocycles. The van der Waals surface area contributed by atoms with Crippen LogP contribution in [0.5, 0.6) is 0 Å². The molecule has 1 amide bonds. The number of hydrogen-bond donors (Lipinski definition) is 0. The second kappa shape index (κ2) is 6.94. The maximum Gasteiger partial charge on any atom is 0.227 e. The van der Waals surface area contributed by atoms with E-state index in [2.05, 4.69) is 28.7 Å². The smallest absolute Gasteiger partial charge is 0.227 e. The number of aromatic nitrogens is 2. The van der Waals surface area contributed by atoms with Crippen LogP contribution in [0.1, 0.15) is 26.0 Å². The second-order valence-electron chi connectivity index (χ2n) is 6.53. The van der Waals surface area contributed by atoms with Crippen molar-refractivity contribution in [3.63, 3.8) is 0 Å². The molecular weight excluding hydrogens is 278 g/mol. The van der Waals surface area contributed by atoms with E-state index < -0.39 is 0 Å². The van der Waals surface area contributed by atoms with Gasteiger partial charge in [-0.25, -0.2) is 4.98 Å². The van der Waals surface area contributed by atoms with Crippen molar-refractivity contribution in [2.75, 3.05) is 50.1 Å². The molecule has 1 aromatic rings. The zero-order valence-electron chi connectivity index (χ0n) is 14.3. The van der Waals surface area contributed by atoms with Crippen LogP contribution in [0.4, 0.5) is 11.8 Å². The number of anilines is 2. The minimum absolute atomic E-state index is 0.258. The van der Waals surface area contributed by atoms with Gasteiger partial charge in [0.1, 0.15) is 5.82 Å². The number of carbonyl (C=O) groups is 1. The summed E-state index contributed by atoms with van der Waals surface area (Å²) < 4.78 is 0. The minimum atomic E-state index is 0.258. The summed E-state index contributed by atoms with van der Waals surface area (Å²) in [4.78, 5) is 27.4. The Morgan fingerprint density at radius 2 is 1.86 bits per heavy atom. The lowest BCUT2D eigenvalue weighted by molar-refractivity contribution is -0.132. The second-order valence-corrected chi connectivity index (χ2v) is 6.53. The molecule has 6 nitrogen and oxygen atoms in total. The number of piperazine rings is 1. The quantitative estimate of drug-likeness (QED) is 0.845. The van der Waals surface area contributed by atoms with Crippen molar-refractivity contribution in [2.24, 2.45) is 5.92 Å². The Kier molecular flexibility index (Phi) is 5.21. The van der Waals surface area contributed by atoms with Crippen molar-refractivity contribution in [1.29, 1.82) is 0 Å². The number of hydrogen-bond acceptors (Lipinski definition) is 5. The van der Waals surface area contributed by atoms with Crippen LogP contribution in [0.15, 0.2) is 6.07 Å². The van der Waals surface area contributed by atoms with Crippen molar-refractivity contribution in [1.82, 2.24) is 14.9 Å². The lowest BCUT2D eigenvalue weighted by Crippen LogP contribution is -2.49. The fourth-order valence-electron chi connectivity index (χ4n) is 2.54. The average Bonchev–Trinajstić information content (AvgIpc) is 2.46. The van der Waals surface area contributed by atoms with Crippen LogP contribution in [0.25, 0.3) is 0 Å². The van der Waals surface area contributed by atoms with Crippen LogP contribution in [-0.4, -0.2) is 61.0 Å². The number of aryl methyl sites for hydroxylation is 1. The molecule has 0 N–H and O–H groups in total. The van der Waals surface area contributed by atoms with Crippen LogP contribution < -0.4 is 9.80 Å². The first-order valence-corrected chi connectivity index (χ1v) is 7.92. The molecule has 1 aliphatic heterocycles. The first-order chi connectivity index (χ1) is 10.4. The van der Waals surface area contributed by atoms with Gasteiger partial charge in [-0.15, -0.1) is 0 Å². The van der Waals surface area contributed by atoms with Crippen LogP contribution in [0.3, 0.4) is 0 Å². The minimum Gasteiger partial charge on any atom is -0.363 e. The van der Waals surface area contributed by atoms with Gasteiger partial charge in [-0.1, -0.05) is 13.8 Å². The third-order valence-electron chi connectivity index (χ3n) is 3.79. The predicted octanol–water partition coefficient (Wildman–Crippen LogP) is 1.55. The highest BCUT2D eigenvalue weighted by molar-refractivity contribution is 5.76. The summed E-state index contributed by atoms with van der Waals surface area (Å²) >= 11 is 0. The van der Waals surface area contributed by atoms with Gasteiger partial charge in [0.15, 0.2) is 0 Å². The molecule has 1 fully saturated rings. The van der Waals surface area contributed by atoms with E-state index in [-0.39, 0.29) is 5.91 Å². The van der Waals surface area contributed by atoms with Crippen molar-refractivity contribution >= 4 is 17.7 Å². The lowest BCUT2D eigenvalue weighted by atomic mass is 10.1.